The molecule has 0 N–H and O–H groups in total. The Morgan fingerprint density at radius 3 is 1.83 bits per heavy atom. The highest BCUT2D eigenvalue weighted by Gasteiger charge is 2.35. The zero-order valence-electron chi connectivity index (χ0n) is 16.7. The van der Waals surface area contributed by atoms with Crippen LogP contribution < -0.4 is 0 Å². The molecule has 0 aliphatic carbocycles. The summed E-state index contributed by atoms with van der Waals surface area (Å²) < 4.78 is 0. The van der Waals surface area contributed by atoms with E-state index in [-0.39, 0.29) is 12.2 Å². The Morgan fingerprint density at radius 1 is 0.792 bits per heavy atom. The highest BCUT2D eigenvalue weighted by Crippen LogP contribution is 2.34. The van der Waals surface area contributed by atoms with Crippen molar-refractivity contribution in [2.24, 2.45) is 0 Å². The first-order valence-corrected chi connectivity index (χ1v) is 8.61. The molecule has 0 aliphatic heterocycles. The van der Waals surface area contributed by atoms with Gasteiger partial charge in [-0.3, -0.25) is 0 Å². The van der Waals surface area contributed by atoms with Crippen LogP contribution in [0.3, 0.4) is 0 Å². The molecule has 0 aromatic heterocycles. The molecule has 0 saturated carbocycles. The van der Waals surface area contributed by atoms with Crippen LogP contribution in [0.4, 0.5) is 0 Å². The zero-order chi connectivity index (χ0) is 18.6. The van der Waals surface area contributed by atoms with Crippen LogP contribution in [-0.2, 0) is 25.2 Å². The smallest absolute Gasteiger partial charge is 0.152 e. The van der Waals surface area contributed by atoms with Crippen molar-refractivity contribution >= 4 is 0 Å². The van der Waals surface area contributed by atoms with E-state index in [1.165, 1.54) is 5.56 Å². The van der Waals surface area contributed by atoms with Gasteiger partial charge in [-0.25, -0.2) is 19.6 Å². The van der Waals surface area contributed by atoms with Gasteiger partial charge in [-0.2, -0.15) is 0 Å². The van der Waals surface area contributed by atoms with Crippen LogP contribution in [0.5, 0.6) is 0 Å². The molecule has 138 valence electrons. The summed E-state index contributed by atoms with van der Waals surface area (Å²) in [7, 11) is 0. The summed E-state index contributed by atoms with van der Waals surface area (Å²) in [6, 6.07) is 8.21. The molecule has 4 nitrogen and oxygen atoms in total. The second kappa shape index (κ2) is 7.96. The average Bonchev–Trinajstić information content (AvgIpc) is 2.43. The third kappa shape index (κ3) is 6.89. The molecular weight excluding hydrogens is 304 g/mol. The van der Waals surface area contributed by atoms with Crippen molar-refractivity contribution in [3.05, 3.63) is 35.4 Å². The maximum Gasteiger partial charge on any atom is 0.152 e. The summed E-state index contributed by atoms with van der Waals surface area (Å²) in [6.45, 7) is 18.2. The second-order valence-electron chi connectivity index (χ2n) is 8.71. The van der Waals surface area contributed by atoms with E-state index < -0.39 is 11.2 Å². The molecule has 0 fully saturated rings. The van der Waals surface area contributed by atoms with E-state index in [1.54, 1.807) is 0 Å². The van der Waals surface area contributed by atoms with Gasteiger partial charge in [-0.15, -0.1) is 0 Å². The predicted octanol–water partition coefficient (Wildman–Crippen LogP) is 5.52. The van der Waals surface area contributed by atoms with Crippen molar-refractivity contribution in [2.45, 2.75) is 85.0 Å². The molecular formula is C20H34O4. The van der Waals surface area contributed by atoms with Crippen molar-refractivity contribution in [3.63, 3.8) is 0 Å². The molecule has 1 atom stereocenters. The fourth-order valence-electron chi connectivity index (χ4n) is 2.16. The van der Waals surface area contributed by atoms with Gasteiger partial charge in [0.05, 0.1) is 11.2 Å². The van der Waals surface area contributed by atoms with Gasteiger partial charge in [0.15, 0.2) is 5.60 Å². The Labute approximate surface area is 147 Å². The van der Waals surface area contributed by atoms with E-state index in [9.17, 15) is 0 Å². The maximum absolute atomic E-state index is 5.88. The van der Waals surface area contributed by atoms with Crippen molar-refractivity contribution in [1.29, 1.82) is 0 Å². The fraction of sp³-hybridized carbons (Fsp3) is 0.700. The van der Waals surface area contributed by atoms with E-state index in [0.29, 0.717) is 5.92 Å². The van der Waals surface area contributed by atoms with E-state index in [2.05, 4.69) is 26.0 Å². The minimum Gasteiger partial charge on any atom is -0.233 e. The van der Waals surface area contributed by atoms with Crippen LogP contribution in [-0.4, -0.2) is 17.8 Å². The SMILES string of the molecule is CC(C)c1ccccc1C(C)(COOC(C)(C)C)OOC(C)(C)C. The van der Waals surface area contributed by atoms with Crippen LogP contribution in [0.1, 0.15) is 79.4 Å². The van der Waals surface area contributed by atoms with Crippen LogP contribution >= 0.6 is 0 Å². The Kier molecular flexibility index (Phi) is 7.00. The van der Waals surface area contributed by atoms with Gasteiger partial charge in [0.25, 0.3) is 0 Å². The Balaban J connectivity index is 3.08. The minimum absolute atomic E-state index is 0.226. The summed E-state index contributed by atoms with van der Waals surface area (Å²) in [4.78, 5) is 22.5. The molecule has 1 aromatic carbocycles. The van der Waals surface area contributed by atoms with Crippen LogP contribution in [0.15, 0.2) is 24.3 Å². The van der Waals surface area contributed by atoms with Crippen LogP contribution in [0.25, 0.3) is 0 Å². The third-order valence-electron chi connectivity index (χ3n) is 3.27. The molecule has 0 bridgehead atoms. The maximum atomic E-state index is 5.88. The van der Waals surface area contributed by atoms with E-state index in [1.807, 2.05) is 60.6 Å². The summed E-state index contributed by atoms with van der Waals surface area (Å²) in [5.41, 5.74) is 0.667. The fourth-order valence-corrected chi connectivity index (χ4v) is 2.16. The third-order valence-corrected chi connectivity index (χ3v) is 3.27. The number of rotatable bonds is 7. The minimum atomic E-state index is -0.778. The molecule has 0 heterocycles. The Morgan fingerprint density at radius 2 is 1.33 bits per heavy atom. The lowest BCUT2D eigenvalue weighted by atomic mass is 9.87. The van der Waals surface area contributed by atoms with Crippen LogP contribution in [0, 0.1) is 0 Å². The number of hydrogen-bond donors (Lipinski definition) is 0. The molecule has 0 radical (unpaired) electrons. The lowest BCUT2D eigenvalue weighted by Gasteiger charge is -2.34. The van der Waals surface area contributed by atoms with Gasteiger partial charge < -0.3 is 0 Å². The van der Waals surface area contributed by atoms with Crippen molar-refractivity contribution < 1.29 is 19.6 Å². The van der Waals surface area contributed by atoms with E-state index >= 15 is 0 Å². The zero-order valence-corrected chi connectivity index (χ0v) is 16.7. The monoisotopic (exact) mass is 338 g/mol. The van der Waals surface area contributed by atoms with Gasteiger partial charge in [-0.1, -0.05) is 38.1 Å². The highest BCUT2D eigenvalue weighted by atomic mass is 17.2. The lowest BCUT2D eigenvalue weighted by Crippen LogP contribution is -2.37. The average molecular weight is 338 g/mol. The standard InChI is InChI=1S/C20H34O4/c1-15(2)16-12-10-11-13-17(16)20(9,24-23-19(6,7)8)14-21-22-18(3,4)5/h10-13,15H,14H2,1-9H3. The van der Waals surface area contributed by atoms with Crippen molar-refractivity contribution in [2.75, 3.05) is 6.61 Å². The Hall–Kier alpha value is -0.940. The van der Waals surface area contributed by atoms with E-state index in [4.69, 9.17) is 19.6 Å². The molecule has 24 heavy (non-hydrogen) atoms. The first-order chi connectivity index (χ1) is 10.8. The first kappa shape index (κ1) is 21.1. The van der Waals surface area contributed by atoms with Crippen LogP contribution in [0.2, 0.25) is 0 Å². The Bertz CT molecular complexity index is 511. The summed E-state index contributed by atoms with van der Waals surface area (Å²) in [5, 5.41) is 0. The van der Waals surface area contributed by atoms with E-state index in [0.717, 1.165) is 5.56 Å². The largest absolute Gasteiger partial charge is 0.233 e. The molecule has 0 saturated heterocycles. The highest BCUT2D eigenvalue weighted by molar-refractivity contribution is 5.34. The number of hydrogen-bond acceptors (Lipinski definition) is 4. The summed E-state index contributed by atoms with van der Waals surface area (Å²) in [6.07, 6.45) is 0. The molecule has 1 aromatic rings. The predicted molar refractivity (Wildman–Crippen MR) is 96.6 cm³/mol. The lowest BCUT2D eigenvalue weighted by molar-refractivity contribution is -0.439. The summed E-state index contributed by atoms with van der Waals surface area (Å²) >= 11 is 0. The molecule has 0 spiro atoms. The van der Waals surface area contributed by atoms with Gasteiger partial charge in [-0.05, 0) is 65.5 Å². The van der Waals surface area contributed by atoms with Gasteiger partial charge >= 0.3 is 0 Å². The molecule has 1 rings (SSSR count). The molecule has 0 aliphatic rings. The topological polar surface area (TPSA) is 36.9 Å². The summed E-state index contributed by atoms with van der Waals surface area (Å²) in [5.74, 6) is 0.363. The first-order valence-electron chi connectivity index (χ1n) is 8.61. The molecule has 4 heteroatoms. The normalized spacial score (nSPS) is 15.6. The van der Waals surface area contributed by atoms with Crippen molar-refractivity contribution in [1.82, 2.24) is 0 Å². The molecule has 0 amide bonds. The second-order valence-corrected chi connectivity index (χ2v) is 8.71. The quantitative estimate of drug-likeness (QED) is 0.484. The van der Waals surface area contributed by atoms with Gasteiger partial charge in [0.2, 0.25) is 0 Å². The number of benzene rings is 1. The van der Waals surface area contributed by atoms with Crippen molar-refractivity contribution in [3.8, 4) is 0 Å². The van der Waals surface area contributed by atoms with Gasteiger partial charge in [0, 0.05) is 0 Å². The molecule has 1 unspecified atom stereocenters. The van der Waals surface area contributed by atoms with Gasteiger partial charge in [0.1, 0.15) is 6.61 Å².